The van der Waals surface area contributed by atoms with Gasteiger partial charge >= 0.3 is 0 Å². The van der Waals surface area contributed by atoms with Crippen LogP contribution < -0.4 is 4.90 Å². The van der Waals surface area contributed by atoms with Crippen molar-refractivity contribution in [2.75, 3.05) is 4.90 Å². The first kappa shape index (κ1) is 33.5. The van der Waals surface area contributed by atoms with E-state index in [1.165, 1.54) is 38.1 Å². The molecule has 0 amide bonds. The molecular formula is C54H36N2O2. The van der Waals surface area contributed by atoms with Gasteiger partial charge in [0.1, 0.15) is 22.3 Å². The van der Waals surface area contributed by atoms with Gasteiger partial charge in [0, 0.05) is 72.3 Å². The highest BCUT2D eigenvalue weighted by atomic mass is 16.3. The van der Waals surface area contributed by atoms with Crippen molar-refractivity contribution >= 4 is 93.3 Å². The van der Waals surface area contributed by atoms with Gasteiger partial charge in [0.25, 0.3) is 0 Å². The zero-order valence-electron chi connectivity index (χ0n) is 31.7. The smallest absolute Gasteiger partial charge is 0.137 e. The Morgan fingerprint density at radius 1 is 0.466 bits per heavy atom. The summed E-state index contributed by atoms with van der Waals surface area (Å²) in [5.41, 5.74) is 13.4. The van der Waals surface area contributed by atoms with Crippen molar-refractivity contribution in [1.29, 1.82) is 0 Å². The molecule has 0 bridgehead atoms. The summed E-state index contributed by atoms with van der Waals surface area (Å²) < 4.78 is 15.5. The normalized spacial score (nSPS) is 12.3. The van der Waals surface area contributed by atoms with Crippen LogP contribution in [0.2, 0.25) is 0 Å². The number of benzene rings is 7. The second-order valence-corrected chi connectivity index (χ2v) is 14.9. The van der Waals surface area contributed by atoms with Crippen molar-refractivity contribution in [3.05, 3.63) is 213 Å². The topological polar surface area (TPSA) is 33.9 Å². The number of rotatable bonds is 9. The van der Waals surface area contributed by atoms with Crippen molar-refractivity contribution < 1.29 is 8.83 Å². The van der Waals surface area contributed by atoms with Crippen molar-refractivity contribution in [2.45, 2.75) is 0 Å². The molecule has 0 aliphatic carbocycles. The van der Waals surface area contributed by atoms with Crippen LogP contribution in [0.15, 0.2) is 222 Å². The summed E-state index contributed by atoms with van der Waals surface area (Å²) in [5.74, 6) is 0. The fourth-order valence-corrected chi connectivity index (χ4v) is 8.70. The fourth-order valence-electron chi connectivity index (χ4n) is 8.70. The summed E-state index contributed by atoms with van der Waals surface area (Å²) in [6, 6.07) is 49.4. The van der Waals surface area contributed by atoms with Gasteiger partial charge in [0.2, 0.25) is 0 Å². The Morgan fingerprint density at radius 3 is 1.62 bits per heavy atom. The lowest BCUT2D eigenvalue weighted by Crippen LogP contribution is -2.14. The summed E-state index contributed by atoms with van der Waals surface area (Å²) in [6.45, 7) is 16.7. The predicted molar refractivity (Wildman–Crippen MR) is 246 cm³/mol. The molecule has 0 aliphatic heterocycles. The molecule has 0 saturated heterocycles. The van der Waals surface area contributed by atoms with Crippen molar-refractivity contribution in [1.82, 2.24) is 4.40 Å². The van der Waals surface area contributed by atoms with Gasteiger partial charge in [-0.2, -0.15) is 0 Å². The average Bonchev–Trinajstić information content (AvgIpc) is 4.00. The Hall–Kier alpha value is -7.82. The van der Waals surface area contributed by atoms with Crippen LogP contribution in [0.25, 0.3) is 93.1 Å². The number of aromatic nitrogens is 1. The van der Waals surface area contributed by atoms with Crippen LogP contribution in [-0.4, -0.2) is 4.40 Å². The van der Waals surface area contributed by atoms with E-state index >= 15 is 0 Å². The van der Waals surface area contributed by atoms with Crippen LogP contribution >= 0.6 is 0 Å². The lowest BCUT2D eigenvalue weighted by atomic mass is 9.98. The Labute approximate surface area is 334 Å². The molecule has 0 aliphatic rings. The average molecular weight is 745 g/mol. The van der Waals surface area contributed by atoms with Gasteiger partial charge in [0.15, 0.2) is 0 Å². The van der Waals surface area contributed by atoms with Gasteiger partial charge in [-0.1, -0.05) is 111 Å². The Kier molecular flexibility index (Phi) is 7.44. The van der Waals surface area contributed by atoms with E-state index in [0.29, 0.717) is 0 Å². The lowest BCUT2D eigenvalue weighted by Gasteiger charge is -2.25. The van der Waals surface area contributed by atoms with Crippen molar-refractivity contribution in [3.63, 3.8) is 0 Å². The standard InChI is InChI=1S/C54H36N2O2/c1-5-6-13-33(2)34(3)20-21-35(4)55(38-23-26-44-42-16-9-12-19-50(42)57-52(44)31-38)39-24-27-45-43-25-22-36(30-51(43)58-53(45)32-39)37-28-46-40-14-7-10-17-48(40)56-49-18-11-8-15-41(49)47(29-37)54(46)56/h5-32H,1-4H2. The van der Waals surface area contributed by atoms with Gasteiger partial charge in [-0.3, -0.25) is 0 Å². The second kappa shape index (κ2) is 12.9. The van der Waals surface area contributed by atoms with Crippen LogP contribution in [0.4, 0.5) is 11.4 Å². The van der Waals surface area contributed by atoms with E-state index in [0.717, 1.165) is 83.2 Å². The first-order valence-corrected chi connectivity index (χ1v) is 19.3. The fraction of sp³-hybridized carbons (Fsp3) is 0. The predicted octanol–water partition coefficient (Wildman–Crippen LogP) is 15.4. The minimum absolute atomic E-state index is 0.737. The van der Waals surface area contributed by atoms with Crippen LogP contribution in [0.3, 0.4) is 0 Å². The van der Waals surface area contributed by atoms with Gasteiger partial charge in [0.05, 0.1) is 16.6 Å². The van der Waals surface area contributed by atoms with E-state index in [4.69, 9.17) is 8.83 Å². The molecule has 0 radical (unpaired) electrons. The van der Waals surface area contributed by atoms with Crippen LogP contribution in [0, 0.1) is 0 Å². The van der Waals surface area contributed by atoms with Crippen LogP contribution in [-0.2, 0) is 0 Å². The molecule has 0 fully saturated rings. The van der Waals surface area contributed by atoms with Gasteiger partial charge in [-0.15, -0.1) is 0 Å². The van der Waals surface area contributed by atoms with Gasteiger partial charge < -0.3 is 18.1 Å². The van der Waals surface area contributed by atoms with E-state index in [1.54, 1.807) is 6.08 Å². The second-order valence-electron chi connectivity index (χ2n) is 14.9. The maximum Gasteiger partial charge on any atom is 0.137 e. The monoisotopic (exact) mass is 744 g/mol. The molecule has 0 atom stereocenters. The molecule has 274 valence electrons. The molecule has 4 heteroatoms. The largest absolute Gasteiger partial charge is 0.456 e. The lowest BCUT2D eigenvalue weighted by molar-refractivity contribution is 0.669. The molecule has 0 unspecified atom stereocenters. The third-order valence-electron chi connectivity index (χ3n) is 11.5. The van der Waals surface area contributed by atoms with Crippen molar-refractivity contribution in [2.24, 2.45) is 0 Å². The summed E-state index contributed by atoms with van der Waals surface area (Å²) in [4.78, 5) is 2.11. The molecule has 4 aromatic heterocycles. The minimum atomic E-state index is 0.737. The van der Waals surface area contributed by atoms with E-state index < -0.39 is 0 Å². The Morgan fingerprint density at radius 2 is 0.983 bits per heavy atom. The van der Waals surface area contributed by atoms with E-state index in [-0.39, 0.29) is 0 Å². The molecular weight excluding hydrogens is 709 g/mol. The summed E-state index contributed by atoms with van der Waals surface area (Å²) >= 11 is 0. The van der Waals surface area contributed by atoms with Crippen LogP contribution in [0.1, 0.15) is 0 Å². The molecule has 0 spiro atoms. The van der Waals surface area contributed by atoms with Crippen LogP contribution in [0.5, 0.6) is 0 Å². The van der Waals surface area contributed by atoms with E-state index in [1.807, 2.05) is 42.5 Å². The number of para-hydroxylation sites is 3. The molecule has 4 heterocycles. The zero-order chi connectivity index (χ0) is 39.1. The SMILES string of the molecule is C=CC=CC(=C)C(=C)C=CC(=C)N(c1ccc2c(c1)oc1ccccc12)c1ccc2c(c1)oc1cc(-c3cc4c5ccccc5n5c6ccccc6c(c3)c45)ccc12. The number of hydrogen-bond donors (Lipinski definition) is 0. The van der Waals surface area contributed by atoms with E-state index in [2.05, 4.69) is 157 Å². The Bertz CT molecular complexity index is 3520. The number of furan rings is 2. The van der Waals surface area contributed by atoms with Gasteiger partial charge in [-0.05, 0) is 95.1 Å². The molecule has 4 nitrogen and oxygen atoms in total. The quantitative estimate of drug-likeness (QED) is 0.138. The first-order valence-electron chi connectivity index (χ1n) is 19.3. The molecule has 58 heavy (non-hydrogen) atoms. The molecule has 11 rings (SSSR count). The Balaban J connectivity index is 1.02. The van der Waals surface area contributed by atoms with Gasteiger partial charge in [-0.25, -0.2) is 0 Å². The number of hydrogen-bond acceptors (Lipinski definition) is 3. The molecule has 7 aromatic carbocycles. The molecule has 11 aromatic rings. The van der Waals surface area contributed by atoms with Crippen molar-refractivity contribution in [3.8, 4) is 11.1 Å². The maximum absolute atomic E-state index is 6.73. The highest BCUT2D eigenvalue weighted by molar-refractivity contribution is 6.24. The number of anilines is 2. The minimum Gasteiger partial charge on any atom is -0.456 e. The maximum atomic E-state index is 6.73. The summed E-state index contributed by atoms with van der Waals surface area (Å²) in [5, 5.41) is 9.28. The summed E-state index contributed by atoms with van der Waals surface area (Å²) in [7, 11) is 0. The highest BCUT2D eigenvalue weighted by Crippen LogP contribution is 2.43. The van der Waals surface area contributed by atoms with E-state index in [9.17, 15) is 0 Å². The summed E-state index contributed by atoms with van der Waals surface area (Å²) in [6.07, 6.45) is 9.36. The molecule has 0 N–H and O–H groups in total. The third-order valence-corrected chi connectivity index (χ3v) is 11.5. The third kappa shape index (κ3) is 5.09. The highest BCUT2D eigenvalue weighted by Gasteiger charge is 2.20. The number of nitrogens with zero attached hydrogens (tertiary/aromatic N) is 2. The number of allylic oxidation sites excluding steroid dienone is 7. The zero-order valence-corrected chi connectivity index (χ0v) is 31.7. The molecule has 0 saturated carbocycles. The first-order chi connectivity index (χ1) is 28.4. The number of fused-ring (bicyclic) bond motifs is 12.